The maximum Gasteiger partial charge on any atom is 0.201 e. The second kappa shape index (κ2) is 9.48. The molecule has 4 N–H and O–H groups in total. The van der Waals surface area contributed by atoms with Gasteiger partial charge in [0.15, 0.2) is 34.5 Å². The predicted molar refractivity (Wildman–Crippen MR) is 92.3 cm³/mol. The van der Waals surface area contributed by atoms with Gasteiger partial charge >= 0.3 is 0 Å². The third kappa shape index (κ3) is 5.09. The Balaban J connectivity index is 0.000000271. The number of phenolic OH excluding ortho intramolecular Hbond substituents is 4. The lowest BCUT2D eigenvalue weighted by atomic mass is 10.1. The number of carbonyl (C=O) groups is 1. The minimum Gasteiger partial charge on any atom is -0.504 e. The zero-order valence-corrected chi connectivity index (χ0v) is 14.4. The van der Waals surface area contributed by atoms with Gasteiger partial charge in [-0.1, -0.05) is 6.07 Å². The van der Waals surface area contributed by atoms with Gasteiger partial charge in [0.1, 0.15) is 0 Å². The van der Waals surface area contributed by atoms with Gasteiger partial charge in [0, 0.05) is 12.3 Å². The molecule has 0 radical (unpaired) electrons. The van der Waals surface area contributed by atoms with Gasteiger partial charge in [-0.05, 0) is 24.3 Å². The zero-order chi connectivity index (χ0) is 19.0. The topological polar surface area (TPSA) is 116 Å². The average Bonchev–Trinajstić information content (AvgIpc) is 2.60. The van der Waals surface area contributed by atoms with Gasteiger partial charge in [-0.25, -0.2) is 0 Å². The third-order valence-electron chi connectivity index (χ3n) is 3.15. The third-order valence-corrected chi connectivity index (χ3v) is 3.34. The smallest absolute Gasteiger partial charge is 0.201 e. The monoisotopic (exact) mass is 370 g/mol. The van der Waals surface area contributed by atoms with E-state index in [4.69, 9.17) is 31.3 Å². The molecule has 25 heavy (non-hydrogen) atoms. The van der Waals surface area contributed by atoms with Crippen LogP contribution >= 0.6 is 11.6 Å². The highest BCUT2D eigenvalue weighted by Crippen LogP contribution is 2.38. The summed E-state index contributed by atoms with van der Waals surface area (Å²) in [6.45, 7) is 0. The Morgan fingerprint density at radius 2 is 1.52 bits per heavy atom. The van der Waals surface area contributed by atoms with E-state index in [-0.39, 0.29) is 46.6 Å². The van der Waals surface area contributed by atoms with Gasteiger partial charge < -0.3 is 29.9 Å². The lowest BCUT2D eigenvalue weighted by Crippen LogP contribution is -2.00. The molecule has 2 aromatic rings. The van der Waals surface area contributed by atoms with Crippen molar-refractivity contribution in [2.45, 2.75) is 6.42 Å². The van der Waals surface area contributed by atoms with E-state index < -0.39 is 11.5 Å². The largest absolute Gasteiger partial charge is 0.504 e. The molecule has 0 fully saturated rings. The summed E-state index contributed by atoms with van der Waals surface area (Å²) in [5.74, 6) is -1.03. The van der Waals surface area contributed by atoms with Gasteiger partial charge in [-0.15, -0.1) is 11.6 Å². The fourth-order valence-electron chi connectivity index (χ4n) is 1.85. The van der Waals surface area contributed by atoms with Crippen molar-refractivity contribution in [1.29, 1.82) is 0 Å². The number of rotatable bonds is 5. The van der Waals surface area contributed by atoms with Crippen molar-refractivity contribution in [3.05, 3.63) is 35.9 Å². The molecule has 0 atom stereocenters. The van der Waals surface area contributed by atoms with E-state index in [9.17, 15) is 15.0 Å². The van der Waals surface area contributed by atoms with Gasteiger partial charge in [0.05, 0.1) is 19.8 Å². The number of halogens is 1. The Hall–Kier alpha value is -2.80. The average molecular weight is 371 g/mol. The van der Waals surface area contributed by atoms with E-state index in [1.54, 1.807) is 12.1 Å². The van der Waals surface area contributed by atoms with Crippen molar-refractivity contribution < 1.29 is 34.7 Å². The number of benzene rings is 2. The molecule has 0 aliphatic carbocycles. The molecule has 0 saturated carbocycles. The Morgan fingerprint density at radius 3 is 2.04 bits per heavy atom. The number of para-hydroxylation sites is 1. The minimum atomic E-state index is -0.468. The standard InChI is InChI=1S/C10H11ClO4.C7H8O3/c1-15-8-3-2-6(7(12)4-5-11)9(13)10(8)14;1-10-6-4-2-3-5(8)7(6)9/h2-3,13-14H,4-5H2,1H3;2-4,8-9H,1H3. The summed E-state index contributed by atoms with van der Waals surface area (Å²) in [7, 11) is 2.78. The number of phenols is 4. The van der Waals surface area contributed by atoms with Crippen molar-refractivity contribution in [2.75, 3.05) is 20.1 Å². The van der Waals surface area contributed by atoms with Crippen LogP contribution in [0.25, 0.3) is 0 Å². The minimum absolute atomic E-state index is 0.0500. The van der Waals surface area contributed by atoms with E-state index in [0.29, 0.717) is 0 Å². The maximum absolute atomic E-state index is 11.4. The van der Waals surface area contributed by atoms with Crippen molar-refractivity contribution in [1.82, 2.24) is 0 Å². The van der Waals surface area contributed by atoms with Gasteiger partial charge in [-0.3, -0.25) is 4.79 Å². The molecule has 2 rings (SSSR count). The van der Waals surface area contributed by atoms with Crippen LogP contribution in [0.4, 0.5) is 0 Å². The normalized spacial score (nSPS) is 9.72. The maximum atomic E-state index is 11.4. The molecule has 0 unspecified atom stereocenters. The van der Waals surface area contributed by atoms with Crippen LogP contribution in [0.3, 0.4) is 0 Å². The number of ether oxygens (including phenoxy) is 2. The molecule has 0 bridgehead atoms. The van der Waals surface area contributed by atoms with Crippen LogP contribution in [0.15, 0.2) is 30.3 Å². The van der Waals surface area contributed by atoms with Crippen LogP contribution in [-0.2, 0) is 0 Å². The van der Waals surface area contributed by atoms with Crippen LogP contribution in [-0.4, -0.2) is 46.3 Å². The van der Waals surface area contributed by atoms with Crippen LogP contribution in [0.5, 0.6) is 34.5 Å². The van der Waals surface area contributed by atoms with Crippen molar-refractivity contribution >= 4 is 17.4 Å². The zero-order valence-electron chi connectivity index (χ0n) is 13.7. The first-order valence-electron chi connectivity index (χ1n) is 7.10. The first kappa shape index (κ1) is 20.2. The molecule has 0 saturated heterocycles. The number of aromatic hydroxyl groups is 4. The first-order chi connectivity index (χ1) is 11.9. The summed E-state index contributed by atoms with van der Waals surface area (Å²) in [6, 6.07) is 7.35. The molecule has 0 heterocycles. The second-order valence-electron chi connectivity index (χ2n) is 4.70. The van der Waals surface area contributed by atoms with Gasteiger partial charge in [0.2, 0.25) is 5.75 Å². The Morgan fingerprint density at radius 1 is 0.920 bits per heavy atom. The highest BCUT2D eigenvalue weighted by atomic mass is 35.5. The summed E-state index contributed by atoms with van der Waals surface area (Å²) < 4.78 is 9.49. The fraction of sp³-hybridized carbons (Fsp3) is 0.235. The van der Waals surface area contributed by atoms with E-state index in [2.05, 4.69) is 0 Å². The molecule has 8 heteroatoms. The van der Waals surface area contributed by atoms with Crippen molar-refractivity contribution in [3.8, 4) is 34.5 Å². The number of Topliss-reactive ketones (excluding diaryl/α,β-unsaturated/α-hetero) is 1. The fourth-order valence-corrected chi connectivity index (χ4v) is 2.02. The lowest BCUT2D eigenvalue weighted by Gasteiger charge is -2.08. The van der Waals surface area contributed by atoms with Crippen molar-refractivity contribution in [2.24, 2.45) is 0 Å². The number of hydrogen-bond acceptors (Lipinski definition) is 7. The van der Waals surface area contributed by atoms with E-state index in [1.807, 2.05) is 0 Å². The highest BCUT2D eigenvalue weighted by molar-refractivity contribution is 6.19. The van der Waals surface area contributed by atoms with Gasteiger partial charge in [-0.2, -0.15) is 0 Å². The molecule has 0 spiro atoms. The summed E-state index contributed by atoms with van der Waals surface area (Å²) in [5, 5.41) is 36.9. The molecular formula is C17H19ClO7. The van der Waals surface area contributed by atoms with E-state index in [0.717, 1.165) is 0 Å². The molecule has 0 aliphatic heterocycles. The Kier molecular flexibility index (Phi) is 7.68. The van der Waals surface area contributed by atoms with Crippen LogP contribution in [0, 0.1) is 0 Å². The lowest BCUT2D eigenvalue weighted by molar-refractivity contribution is 0.0986. The molecule has 0 aromatic heterocycles. The van der Waals surface area contributed by atoms with Gasteiger partial charge in [0.25, 0.3) is 0 Å². The predicted octanol–water partition coefficient (Wildman–Crippen LogP) is 3.02. The summed E-state index contributed by atoms with van der Waals surface area (Å²) >= 11 is 5.41. The summed E-state index contributed by atoms with van der Waals surface area (Å²) in [4.78, 5) is 11.4. The summed E-state index contributed by atoms with van der Waals surface area (Å²) in [6.07, 6.45) is 0.112. The highest BCUT2D eigenvalue weighted by Gasteiger charge is 2.17. The Labute approximate surface area is 149 Å². The number of ketones is 1. The van der Waals surface area contributed by atoms with E-state index >= 15 is 0 Å². The van der Waals surface area contributed by atoms with Crippen LogP contribution < -0.4 is 9.47 Å². The first-order valence-corrected chi connectivity index (χ1v) is 7.63. The summed E-state index contributed by atoms with van der Waals surface area (Å²) in [5.41, 5.74) is 0.0500. The Bertz CT molecular complexity index is 731. The molecule has 0 amide bonds. The quantitative estimate of drug-likeness (QED) is 0.363. The SMILES string of the molecule is COc1ccc(C(=O)CCCl)c(O)c1O.COc1cccc(O)c1O. The number of carbonyl (C=O) groups excluding carboxylic acids is 1. The molecule has 7 nitrogen and oxygen atoms in total. The molecule has 0 aliphatic rings. The molecule has 136 valence electrons. The van der Waals surface area contributed by atoms with Crippen LogP contribution in [0.1, 0.15) is 16.8 Å². The second-order valence-corrected chi connectivity index (χ2v) is 5.08. The molecular weight excluding hydrogens is 352 g/mol. The van der Waals surface area contributed by atoms with E-state index in [1.165, 1.54) is 32.4 Å². The number of methoxy groups -OCH3 is 2. The number of alkyl halides is 1. The van der Waals surface area contributed by atoms with Crippen LogP contribution in [0.2, 0.25) is 0 Å². The van der Waals surface area contributed by atoms with Crippen molar-refractivity contribution in [3.63, 3.8) is 0 Å². The number of hydrogen-bond donors (Lipinski definition) is 4. The molecule has 2 aromatic carbocycles.